The molecule has 1 aliphatic heterocycles. The minimum Gasteiger partial charge on any atom is -0.490 e. The molecule has 1 aromatic carbocycles. The SMILES string of the molecule is COC(=O)C(OC(C)(C)C)c1c(C)nc(CC(=O)NCC(C)C)c(C)c1-c1ccc2c(c1)NCCO2. The number of anilines is 1. The average molecular weight is 498 g/mol. The lowest BCUT2D eigenvalue weighted by atomic mass is 9.89. The van der Waals surface area contributed by atoms with Crippen molar-refractivity contribution in [3.8, 4) is 16.9 Å². The number of carbonyl (C=O) groups is 2. The van der Waals surface area contributed by atoms with Gasteiger partial charge in [0.15, 0.2) is 6.10 Å². The van der Waals surface area contributed by atoms with Crippen molar-refractivity contribution in [2.75, 3.05) is 32.1 Å². The van der Waals surface area contributed by atoms with Gasteiger partial charge in [-0.2, -0.15) is 0 Å². The van der Waals surface area contributed by atoms with Crippen molar-refractivity contribution in [1.82, 2.24) is 10.3 Å². The van der Waals surface area contributed by atoms with Crippen LogP contribution in [-0.4, -0.2) is 49.3 Å². The Hall–Kier alpha value is -3.13. The van der Waals surface area contributed by atoms with Gasteiger partial charge in [-0.15, -0.1) is 0 Å². The summed E-state index contributed by atoms with van der Waals surface area (Å²) in [4.78, 5) is 30.5. The molecule has 1 unspecified atom stereocenters. The summed E-state index contributed by atoms with van der Waals surface area (Å²) in [6.07, 6.45) is -0.845. The molecule has 0 spiro atoms. The first-order valence-corrected chi connectivity index (χ1v) is 12.4. The summed E-state index contributed by atoms with van der Waals surface area (Å²) >= 11 is 0. The molecule has 1 aromatic heterocycles. The molecule has 1 aliphatic rings. The molecule has 1 atom stereocenters. The molecule has 36 heavy (non-hydrogen) atoms. The normalized spacial score (nSPS) is 13.9. The maximum atomic E-state index is 13.0. The summed E-state index contributed by atoms with van der Waals surface area (Å²) in [5.74, 6) is 0.535. The van der Waals surface area contributed by atoms with E-state index in [1.165, 1.54) is 7.11 Å². The van der Waals surface area contributed by atoms with Crippen molar-refractivity contribution in [1.29, 1.82) is 0 Å². The van der Waals surface area contributed by atoms with Gasteiger partial charge in [0.05, 0.1) is 30.5 Å². The summed E-state index contributed by atoms with van der Waals surface area (Å²) in [6, 6.07) is 5.89. The Morgan fingerprint density at radius 2 is 1.94 bits per heavy atom. The van der Waals surface area contributed by atoms with Gasteiger partial charge in [-0.1, -0.05) is 19.9 Å². The van der Waals surface area contributed by atoms with Gasteiger partial charge >= 0.3 is 5.97 Å². The lowest BCUT2D eigenvalue weighted by Crippen LogP contribution is -2.31. The number of hydrogen-bond donors (Lipinski definition) is 2. The molecule has 0 fully saturated rings. The lowest BCUT2D eigenvalue weighted by Gasteiger charge is -2.30. The standard InChI is InChI=1S/C28H39N3O5/c1-16(2)15-30-23(32)14-20-17(3)24(19-9-10-22-21(13-19)29-11-12-35-22)25(18(4)31-20)26(27(33)34-8)36-28(5,6)7/h9-10,13,16,26,29H,11-12,14-15H2,1-8H3,(H,30,32). The predicted octanol–water partition coefficient (Wildman–Crippen LogP) is 4.51. The number of methoxy groups -OCH3 is 1. The van der Waals surface area contributed by atoms with E-state index in [-0.39, 0.29) is 12.3 Å². The van der Waals surface area contributed by atoms with Crippen LogP contribution < -0.4 is 15.4 Å². The van der Waals surface area contributed by atoms with Crippen LogP contribution in [0.3, 0.4) is 0 Å². The zero-order chi connectivity index (χ0) is 26.6. The number of amides is 1. The number of hydrogen-bond acceptors (Lipinski definition) is 7. The van der Waals surface area contributed by atoms with Crippen molar-refractivity contribution in [3.05, 3.63) is 40.7 Å². The highest BCUT2D eigenvalue weighted by molar-refractivity contribution is 5.86. The molecule has 196 valence electrons. The fraction of sp³-hybridized carbons (Fsp3) is 0.536. The topological polar surface area (TPSA) is 98.8 Å². The molecule has 8 nitrogen and oxygen atoms in total. The van der Waals surface area contributed by atoms with Crippen LogP contribution in [0, 0.1) is 19.8 Å². The highest BCUT2D eigenvalue weighted by Gasteiger charge is 2.34. The summed E-state index contributed by atoms with van der Waals surface area (Å²) in [5, 5.41) is 6.34. The molecule has 1 amide bonds. The number of carbonyl (C=O) groups excluding carboxylic acids is 2. The van der Waals surface area contributed by atoms with E-state index in [0.717, 1.165) is 28.1 Å². The van der Waals surface area contributed by atoms with Crippen LogP contribution in [-0.2, 0) is 25.5 Å². The van der Waals surface area contributed by atoms with E-state index in [9.17, 15) is 9.59 Å². The molecule has 8 heteroatoms. The van der Waals surface area contributed by atoms with E-state index in [2.05, 4.69) is 24.5 Å². The third-order valence-corrected chi connectivity index (χ3v) is 5.90. The van der Waals surface area contributed by atoms with Gasteiger partial charge in [-0.25, -0.2) is 4.79 Å². The number of rotatable bonds is 8. The Bertz CT molecular complexity index is 1120. The van der Waals surface area contributed by atoms with Crippen LogP contribution in [0.4, 0.5) is 5.69 Å². The molecule has 2 aromatic rings. The molecule has 2 heterocycles. The van der Waals surface area contributed by atoms with Crippen LogP contribution >= 0.6 is 0 Å². The van der Waals surface area contributed by atoms with Gasteiger partial charge in [0.25, 0.3) is 0 Å². The van der Waals surface area contributed by atoms with Crippen LogP contribution in [0.15, 0.2) is 18.2 Å². The van der Waals surface area contributed by atoms with Gasteiger partial charge < -0.3 is 24.8 Å². The Kier molecular flexibility index (Phi) is 8.61. The van der Waals surface area contributed by atoms with Crippen LogP contribution in [0.25, 0.3) is 11.1 Å². The number of pyridine rings is 1. The number of ether oxygens (including phenoxy) is 3. The smallest absolute Gasteiger partial charge is 0.339 e. The van der Waals surface area contributed by atoms with Gasteiger partial charge in [-0.3, -0.25) is 9.78 Å². The first-order chi connectivity index (χ1) is 16.9. The Labute approximate surface area is 214 Å². The molecule has 0 saturated heterocycles. The summed E-state index contributed by atoms with van der Waals surface area (Å²) in [7, 11) is 1.35. The van der Waals surface area contributed by atoms with Crippen LogP contribution in [0.1, 0.15) is 63.2 Å². The van der Waals surface area contributed by atoms with Crippen molar-refractivity contribution in [3.63, 3.8) is 0 Å². The molecule has 0 radical (unpaired) electrons. The summed E-state index contributed by atoms with van der Waals surface area (Å²) in [6.45, 7) is 15.5. The van der Waals surface area contributed by atoms with E-state index in [4.69, 9.17) is 19.2 Å². The fourth-order valence-electron chi connectivity index (χ4n) is 4.25. The number of fused-ring (bicyclic) bond motifs is 1. The lowest BCUT2D eigenvalue weighted by molar-refractivity contribution is -0.164. The second-order valence-electron chi connectivity index (χ2n) is 10.6. The fourth-order valence-corrected chi connectivity index (χ4v) is 4.25. The first-order valence-electron chi connectivity index (χ1n) is 12.4. The number of esters is 1. The van der Waals surface area contributed by atoms with Gasteiger partial charge in [0, 0.05) is 24.3 Å². The third kappa shape index (κ3) is 6.55. The maximum absolute atomic E-state index is 13.0. The van der Waals surface area contributed by atoms with Crippen molar-refractivity contribution in [2.45, 2.75) is 66.6 Å². The number of benzene rings is 1. The van der Waals surface area contributed by atoms with Crippen LogP contribution in [0.2, 0.25) is 0 Å². The minimum atomic E-state index is -0.986. The highest BCUT2D eigenvalue weighted by Crippen LogP contribution is 2.41. The average Bonchev–Trinajstić information content (AvgIpc) is 2.82. The third-order valence-electron chi connectivity index (χ3n) is 5.90. The van der Waals surface area contributed by atoms with Crippen molar-refractivity contribution >= 4 is 17.6 Å². The first kappa shape index (κ1) is 27.5. The molecule has 0 saturated carbocycles. The van der Waals surface area contributed by atoms with E-state index in [1.807, 2.05) is 52.8 Å². The van der Waals surface area contributed by atoms with E-state index in [0.29, 0.717) is 42.6 Å². The number of nitrogens with zero attached hydrogens (tertiary/aromatic N) is 1. The predicted molar refractivity (Wildman–Crippen MR) is 140 cm³/mol. The van der Waals surface area contributed by atoms with Crippen LogP contribution in [0.5, 0.6) is 5.75 Å². The Morgan fingerprint density at radius 3 is 2.58 bits per heavy atom. The molecular weight excluding hydrogens is 458 g/mol. The van der Waals surface area contributed by atoms with Gasteiger partial charge in [-0.05, 0) is 69.4 Å². The molecule has 0 bridgehead atoms. The van der Waals surface area contributed by atoms with Crippen molar-refractivity contribution in [2.24, 2.45) is 5.92 Å². The monoisotopic (exact) mass is 497 g/mol. The second-order valence-corrected chi connectivity index (χ2v) is 10.6. The maximum Gasteiger partial charge on any atom is 0.339 e. The zero-order valence-corrected chi connectivity index (χ0v) is 22.7. The Morgan fingerprint density at radius 1 is 1.22 bits per heavy atom. The quantitative estimate of drug-likeness (QED) is 0.518. The van der Waals surface area contributed by atoms with E-state index >= 15 is 0 Å². The molecular formula is C28H39N3O5. The Balaban J connectivity index is 2.20. The number of aromatic nitrogens is 1. The number of nitrogens with one attached hydrogen (secondary N) is 2. The molecule has 3 rings (SSSR count). The summed E-state index contributed by atoms with van der Waals surface area (Å²) < 4.78 is 17.2. The van der Waals surface area contributed by atoms with E-state index in [1.54, 1.807) is 0 Å². The number of aryl methyl sites for hydroxylation is 1. The van der Waals surface area contributed by atoms with E-state index < -0.39 is 17.7 Å². The summed E-state index contributed by atoms with van der Waals surface area (Å²) in [5.41, 5.74) is 4.68. The largest absolute Gasteiger partial charge is 0.490 e. The second kappa shape index (κ2) is 11.3. The van der Waals surface area contributed by atoms with Crippen molar-refractivity contribution < 1.29 is 23.8 Å². The zero-order valence-electron chi connectivity index (χ0n) is 22.7. The van der Waals surface area contributed by atoms with Gasteiger partial charge in [0.2, 0.25) is 5.91 Å². The molecule has 2 N–H and O–H groups in total. The highest BCUT2D eigenvalue weighted by atomic mass is 16.6. The van der Waals surface area contributed by atoms with Gasteiger partial charge in [0.1, 0.15) is 12.4 Å². The minimum absolute atomic E-state index is 0.0895. The molecule has 0 aliphatic carbocycles.